The monoisotopic (exact) mass is 273 g/mol. The Bertz CT molecular complexity index is 536. The lowest BCUT2D eigenvalue weighted by Crippen LogP contribution is -2.09. The van der Waals surface area contributed by atoms with E-state index in [-0.39, 0.29) is 18.6 Å². The van der Waals surface area contributed by atoms with Crippen LogP contribution < -0.4 is 0 Å². The second-order valence-corrected chi connectivity index (χ2v) is 4.67. The first-order chi connectivity index (χ1) is 8.50. The summed E-state index contributed by atoms with van der Waals surface area (Å²) in [6.45, 7) is -0.197. The van der Waals surface area contributed by atoms with Crippen molar-refractivity contribution in [3.8, 4) is 0 Å². The highest BCUT2D eigenvalue weighted by atomic mass is 32.1. The van der Waals surface area contributed by atoms with E-state index in [9.17, 15) is 13.2 Å². The lowest BCUT2D eigenvalue weighted by atomic mass is 10.0. The molecule has 0 saturated heterocycles. The van der Waals surface area contributed by atoms with Crippen LogP contribution in [0.1, 0.15) is 21.8 Å². The van der Waals surface area contributed by atoms with E-state index in [2.05, 4.69) is 4.98 Å². The summed E-state index contributed by atoms with van der Waals surface area (Å²) in [6, 6.07) is 5.46. The van der Waals surface area contributed by atoms with Crippen LogP contribution in [-0.2, 0) is 19.2 Å². The van der Waals surface area contributed by atoms with Crippen molar-refractivity contribution in [2.24, 2.45) is 0 Å². The molecular formula is C12H10F3NOS. The molecule has 2 aromatic rings. The topological polar surface area (TPSA) is 33.1 Å². The van der Waals surface area contributed by atoms with E-state index in [1.807, 2.05) is 0 Å². The van der Waals surface area contributed by atoms with Crippen LogP contribution in [0.15, 0.2) is 29.6 Å². The average Bonchev–Trinajstić information content (AvgIpc) is 2.76. The van der Waals surface area contributed by atoms with Gasteiger partial charge in [0.2, 0.25) is 0 Å². The van der Waals surface area contributed by atoms with E-state index < -0.39 is 11.7 Å². The summed E-state index contributed by atoms with van der Waals surface area (Å²) in [5, 5.41) is 11.1. The number of hydrogen-bond donors (Lipinski definition) is 1. The number of alkyl halides is 3. The van der Waals surface area contributed by atoms with Crippen LogP contribution in [0.25, 0.3) is 0 Å². The smallest absolute Gasteiger partial charge is 0.390 e. The molecule has 0 radical (unpaired) electrons. The third kappa shape index (κ3) is 2.88. The minimum absolute atomic E-state index is 0.125. The molecule has 0 amide bonds. The van der Waals surface area contributed by atoms with E-state index in [4.69, 9.17) is 5.11 Å². The minimum atomic E-state index is -4.35. The van der Waals surface area contributed by atoms with Gasteiger partial charge in [0.25, 0.3) is 0 Å². The number of aliphatic hydroxyl groups excluding tert-OH is 1. The number of aliphatic hydroxyl groups is 1. The highest BCUT2D eigenvalue weighted by Crippen LogP contribution is 2.33. The average molecular weight is 273 g/mol. The summed E-state index contributed by atoms with van der Waals surface area (Å²) < 4.78 is 38.3. The van der Waals surface area contributed by atoms with Gasteiger partial charge in [0.05, 0.1) is 22.9 Å². The fraction of sp³-hybridized carbons (Fsp3) is 0.250. The van der Waals surface area contributed by atoms with Gasteiger partial charge in [-0.25, -0.2) is 4.98 Å². The normalized spacial score (nSPS) is 11.8. The van der Waals surface area contributed by atoms with Crippen molar-refractivity contribution in [2.75, 3.05) is 0 Å². The van der Waals surface area contributed by atoms with Crippen molar-refractivity contribution in [2.45, 2.75) is 19.2 Å². The maximum Gasteiger partial charge on any atom is 0.416 e. The van der Waals surface area contributed by atoms with Gasteiger partial charge >= 0.3 is 6.18 Å². The molecule has 1 heterocycles. The molecule has 96 valence electrons. The Hall–Kier alpha value is -1.40. The molecule has 0 aliphatic heterocycles. The standard InChI is InChI=1S/C12H10F3NOS/c13-12(14,15)10-4-2-1-3-8(10)5-11-16-9(6-17)7-18-11/h1-4,7,17H,5-6H2. The zero-order chi connectivity index (χ0) is 13.2. The SMILES string of the molecule is OCc1csc(Cc2ccccc2C(F)(F)F)n1. The molecule has 6 heteroatoms. The minimum Gasteiger partial charge on any atom is -0.390 e. The van der Waals surface area contributed by atoms with Gasteiger partial charge in [0, 0.05) is 11.8 Å². The summed E-state index contributed by atoms with van der Waals surface area (Å²) in [5.74, 6) is 0. The maximum absolute atomic E-state index is 12.8. The molecule has 0 aliphatic carbocycles. The number of benzene rings is 1. The number of halogens is 3. The van der Waals surface area contributed by atoms with E-state index in [1.165, 1.54) is 23.5 Å². The van der Waals surface area contributed by atoms with Crippen LogP contribution in [0.2, 0.25) is 0 Å². The Morgan fingerprint density at radius 1 is 1.22 bits per heavy atom. The van der Waals surface area contributed by atoms with E-state index in [0.717, 1.165) is 6.07 Å². The quantitative estimate of drug-likeness (QED) is 0.931. The first-order valence-corrected chi connectivity index (χ1v) is 6.08. The van der Waals surface area contributed by atoms with Crippen molar-refractivity contribution in [3.05, 3.63) is 51.5 Å². The Morgan fingerprint density at radius 3 is 2.56 bits per heavy atom. The van der Waals surface area contributed by atoms with Crippen LogP contribution in [0, 0.1) is 0 Å². The first kappa shape index (κ1) is 13.0. The van der Waals surface area contributed by atoms with Gasteiger partial charge in [-0.15, -0.1) is 11.3 Å². The molecule has 1 aromatic heterocycles. The van der Waals surface area contributed by atoms with Gasteiger partial charge in [0.15, 0.2) is 0 Å². The molecule has 0 saturated carbocycles. The number of aromatic nitrogens is 1. The summed E-state index contributed by atoms with van der Waals surface area (Å²) in [5.41, 5.74) is 0.0501. The van der Waals surface area contributed by atoms with E-state index in [1.54, 1.807) is 11.4 Å². The van der Waals surface area contributed by atoms with E-state index in [0.29, 0.717) is 10.7 Å². The van der Waals surface area contributed by atoms with Crippen LogP contribution >= 0.6 is 11.3 Å². The molecule has 0 unspecified atom stereocenters. The Labute approximate surface area is 106 Å². The van der Waals surface area contributed by atoms with Crippen LogP contribution in [0.4, 0.5) is 13.2 Å². The zero-order valence-electron chi connectivity index (χ0n) is 9.24. The van der Waals surface area contributed by atoms with Crippen LogP contribution in [-0.4, -0.2) is 10.1 Å². The molecule has 0 atom stereocenters. The van der Waals surface area contributed by atoms with Gasteiger partial charge in [-0.3, -0.25) is 0 Å². The number of nitrogens with zero attached hydrogens (tertiary/aromatic N) is 1. The van der Waals surface area contributed by atoms with Gasteiger partial charge in [-0.05, 0) is 11.6 Å². The molecule has 0 bridgehead atoms. The molecule has 2 nitrogen and oxygen atoms in total. The third-order valence-electron chi connectivity index (χ3n) is 2.43. The van der Waals surface area contributed by atoms with Crippen molar-refractivity contribution in [3.63, 3.8) is 0 Å². The molecule has 18 heavy (non-hydrogen) atoms. The molecule has 1 aromatic carbocycles. The van der Waals surface area contributed by atoms with Crippen molar-refractivity contribution in [1.29, 1.82) is 0 Å². The summed E-state index contributed by atoms with van der Waals surface area (Å²) in [7, 11) is 0. The summed E-state index contributed by atoms with van der Waals surface area (Å²) in [4.78, 5) is 4.05. The first-order valence-electron chi connectivity index (χ1n) is 5.20. The predicted molar refractivity (Wildman–Crippen MR) is 62.3 cm³/mol. The molecular weight excluding hydrogens is 263 g/mol. The highest BCUT2D eigenvalue weighted by molar-refractivity contribution is 7.09. The van der Waals surface area contributed by atoms with Crippen molar-refractivity contribution >= 4 is 11.3 Å². The molecule has 0 aliphatic rings. The van der Waals surface area contributed by atoms with Gasteiger partial charge in [-0.1, -0.05) is 18.2 Å². The van der Waals surface area contributed by atoms with Gasteiger partial charge in [-0.2, -0.15) is 13.2 Å². The molecule has 0 fully saturated rings. The lowest BCUT2D eigenvalue weighted by Gasteiger charge is -2.11. The molecule has 2 rings (SSSR count). The van der Waals surface area contributed by atoms with Gasteiger partial charge in [0.1, 0.15) is 0 Å². The number of thiazole rings is 1. The predicted octanol–water partition coefficient (Wildman–Crippen LogP) is 3.25. The van der Waals surface area contributed by atoms with Crippen LogP contribution in [0.5, 0.6) is 0 Å². The largest absolute Gasteiger partial charge is 0.416 e. The summed E-state index contributed by atoms with van der Waals surface area (Å²) >= 11 is 1.25. The molecule has 0 spiro atoms. The number of hydrogen-bond acceptors (Lipinski definition) is 3. The number of rotatable bonds is 3. The fourth-order valence-corrected chi connectivity index (χ4v) is 2.42. The second kappa shape index (κ2) is 5.07. The van der Waals surface area contributed by atoms with Crippen molar-refractivity contribution in [1.82, 2.24) is 4.98 Å². The lowest BCUT2D eigenvalue weighted by molar-refractivity contribution is -0.138. The third-order valence-corrected chi connectivity index (χ3v) is 3.32. The summed E-state index contributed by atoms with van der Waals surface area (Å²) in [6.07, 6.45) is -4.23. The zero-order valence-corrected chi connectivity index (χ0v) is 10.1. The fourth-order valence-electron chi connectivity index (χ4n) is 1.62. The Balaban J connectivity index is 2.29. The van der Waals surface area contributed by atoms with E-state index >= 15 is 0 Å². The van der Waals surface area contributed by atoms with Crippen molar-refractivity contribution < 1.29 is 18.3 Å². The van der Waals surface area contributed by atoms with Gasteiger partial charge < -0.3 is 5.11 Å². The maximum atomic E-state index is 12.8. The van der Waals surface area contributed by atoms with Crippen LogP contribution in [0.3, 0.4) is 0 Å². The Kier molecular flexibility index (Phi) is 3.68. The highest BCUT2D eigenvalue weighted by Gasteiger charge is 2.32. The second-order valence-electron chi connectivity index (χ2n) is 3.72. The molecule has 1 N–H and O–H groups in total. The Morgan fingerprint density at radius 2 is 1.94 bits per heavy atom.